The van der Waals surface area contributed by atoms with Gasteiger partial charge in [-0.1, -0.05) is 50.1 Å². The molecule has 4 nitrogen and oxygen atoms in total. The number of hydrogen-bond acceptors (Lipinski definition) is 3. The number of amides is 1. The van der Waals surface area contributed by atoms with E-state index in [-0.39, 0.29) is 12.0 Å². The number of unbranched alkanes of at least 4 members (excludes halogenated alkanes) is 2. The van der Waals surface area contributed by atoms with E-state index in [2.05, 4.69) is 12.3 Å². The van der Waals surface area contributed by atoms with Crippen LogP contribution in [0.1, 0.15) is 58.1 Å². The van der Waals surface area contributed by atoms with Gasteiger partial charge in [0.25, 0.3) is 0 Å². The number of ether oxygens (including phenoxy) is 1. The third-order valence-corrected chi connectivity index (χ3v) is 5.26. The Morgan fingerprint density at radius 3 is 2.45 bits per heavy atom. The molecule has 1 atom stereocenters. The minimum Gasteiger partial charge on any atom is -0.493 e. The minimum absolute atomic E-state index is 0.00468. The van der Waals surface area contributed by atoms with Crippen LogP contribution in [0.25, 0.3) is 10.8 Å². The van der Waals surface area contributed by atoms with Crippen LogP contribution in [0.2, 0.25) is 0 Å². The molecule has 1 saturated heterocycles. The van der Waals surface area contributed by atoms with Gasteiger partial charge in [0.1, 0.15) is 5.75 Å². The van der Waals surface area contributed by atoms with Gasteiger partial charge in [-0.25, -0.2) is 0 Å². The van der Waals surface area contributed by atoms with E-state index in [9.17, 15) is 18.0 Å². The van der Waals surface area contributed by atoms with Crippen molar-refractivity contribution >= 4 is 16.7 Å². The third kappa shape index (κ3) is 4.50. The monoisotopic (exact) mass is 408 g/mol. The maximum absolute atomic E-state index is 14.3. The lowest BCUT2D eigenvalue weighted by molar-refractivity contribution is -0.203. The molecule has 1 N–H and O–H groups in total. The van der Waals surface area contributed by atoms with Crippen LogP contribution in [0.5, 0.6) is 5.75 Å². The number of alkyl halides is 3. The van der Waals surface area contributed by atoms with E-state index in [4.69, 9.17) is 4.74 Å². The zero-order valence-corrected chi connectivity index (χ0v) is 17.0. The summed E-state index contributed by atoms with van der Waals surface area (Å²) in [7, 11) is 0. The number of rotatable bonds is 7. The molecule has 7 heteroatoms. The Morgan fingerprint density at radius 2 is 1.86 bits per heavy atom. The number of hydrazine groups is 1. The van der Waals surface area contributed by atoms with E-state index in [1.165, 1.54) is 6.07 Å². The van der Waals surface area contributed by atoms with E-state index in [1.807, 2.05) is 0 Å². The highest BCUT2D eigenvalue weighted by atomic mass is 19.4. The van der Waals surface area contributed by atoms with E-state index in [1.54, 1.807) is 44.2 Å². The first kappa shape index (κ1) is 21.4. The zero-order chi connectivity index (χ0) is 21.2. The molecule has 0 saturated carbocycles. The average Bonchev–Trinajstić information content (AvgIpc) is 2.90. The van der Waals surface area contributed by atoms with E-state index in [0.717, 1.165) is 24.3 Å². The highest BCUT2D eigenvalue weighted by molar-refractivity contribution is 5.92. The van der Waals surface area contributed by atoms with Crippen molar-refractivity contribution < 1.29 is 22.7 Å². The maximum atomic E-state index is 14.3. The fourth-order valence-electron chi connectivity index (χ4n) is 3.90. The van der Waals surface area contributed by atoms with Crippen molar-refractivity contribution in [1.82, 2.24) is 10.4 Å². The van der Waals surface area contributed by atoms with Crippen molar-refractivity contribution in [2.75, 3.05) is 6.61 Å². The Morgan fingerprint density at radius 1 is 1.17 bits per heavy atom. The molecule has 1 fully saturated rings. The summed E-state index contributed by atoms with van der Waals surface area (Å²) in [6.45, 7) is 5.80. The summed E-state index contributed by atoms with van der Waals surface area (Å²) in [5.41, 5.74) is 1.53. The first-order valence-corrected chi connectivity index (χ1v) is 9.95. The van der Waals surface area contributed by atoms with Crippen LogP contribution in [0, 0.1) is 0 Å². The molecular formula is C22H27F3N2O2. The van der Waals surface area contributed by atoms with Gasteiger partial charge in [-0.05, 0) is 37.3 Å². The summed E-state index contributed by atoms with van der Waals surface area (Å²) in [6, 6.07) is 8.15. The lowest BCUT2D eigenvalue weighted by Crippen LogP contribution is -2.51. The Labute approximate surface area is 169 Å². The van der Waals surface area contributed by atoms with Crippen molar-refractivity contribution in [1.29, 1.82) is 0 Å². The summed E-state index contributed by atoms with van der Waals surface area (Å²) >= 11 is 0. The fraction of sp³-hybridized carbons (Fsp3) is 0.500. The second-order valence-electron chi connectivity index (χ2n) is 8.10. The third-order valence-electron chi connectivity index (χ3n) is 5.26. The molecular weight excluding hydrogens is 381 g/mol. The molecule has 3 rings (SSSR count). The van der Waals surface area contributed by atoms with Crippen molar-refractivity contribution in [3.8, 4) is 5.75 Å². The van der Waals surface area contributed by atoms with Gasteiger partial charge in [0, 0.05) is 17.3 Å². The number of nitrogens with one attached hydrogen (secondary N) is 1. The molecule has 158 valence electrons. The molecule has 1 aliphatic rings. The van der Waals surface area contributed by atoms with Gasteiger partial charge in [-0.15, -0.1) is 0 Å². The van der Waals surface area contributed by atoms with E-state index < -0.39 is 23.7 Å². The Kier molecular flexibility index (Phi) is 6.08. The number of carbonyl (C=O) groups is 1. The minimum atomic E-state index is -4.58. The number of benzene rings is 2. The number of hydrogen-bond donors (Lipinski definition) is 1. The number of carbonyl (C=O) groups excluding carboxylic acids is 1. The normalized spacial score (nSPS) is 18.1. The molecule has 0 aromatic heterocycles. The molecule has 29 heavy (non-hydrogen) atoms. The molecule has 2 aromatic carbocycles. The fourth-order valence-corrected chi connectivity index (χ4v) is 3.90. The van der Waals surface area contributed by atoms with Gasteiger partial charge in [0.15, 0.2) is 6.04 Å². The SMILES string of the molecule is CCCCCOc1cccc2cccc([C@H](N3NC(=O)CC3(C)C)C(F)(F)F)c12. The molecule has 2 aromatic rings. The molecule has 0 bridgehead atoms. The topological polar surface area (TPSA) is 41.6 Å². The predicted molar refractivity (Wildman–Crippen MR) is 106 cm³/mol. The summed E-state index contributed by atoms with van der Waals surface area (Å²) in [6.07, 6.45) is -1.71. The van der Waals surface area contributed by atoms with Gasteiger partial charge >= 0.3 is 6.18 Å². The Balaban J connectivity index is 2.11. The smallest absolute Gasteiger partial charge is 0.409 e. The quantitative estimate of drug-likeness (QED) is 0.613. The molecule has 0 spiro atoms. The zero-order valence-electron chi connectivity index (χ0n) is 17.0. The number of nitrogens with zero attached hydrogens (tertiary/aromatic N) is 1. The van der Waals surface area contributed by atoms with Crippen LogP contribution in [0.4, 0.5) is 13.2 Å². The van der Waals surface area contributed by atoms with Gasteiger partial charge in [0.2, 0.25) is 5.91 Å². The summed E-state index contributed by atoms with van der Waals surface area (Å²) < 4.78 is 48.8. The van der Waals surface area contributed by atoms with Gasteiger partial charge in [-0.3, -0.25) is 10.2 Å². The van der Waals surface area contributed by atoms with Crippen molar-refractivity contribution in [3.05, 3.63) is 42.0 Å². The molecule has 0 radical (unpaired) electrons. The van der Waals surface area contributed by atoms with Crippen molar-refractivity contribution in [3.63, 3.8) is 0 Å². The lowest BCUT2D eigenvalue weighted by Gasteiger charge is -2.38. The standard InChI is InChI=1S/C22H27F3N2O2/c1-4-5-6-13-29-17-12-8-10-15-9-7-11-16(19(15)17)20(22(23,24)25)27-21(2,3)14-18(28)26-27/h7-12,20H,4-6,13-14H2,1-3H3,(H,26,28)/t20-/m0/s1. The lowest BCUT2D eigenvalue weighted by atomic mass is 9.93. The second-order valence-corrected chi connectivity index (χ2v) is 8.10. The van der Waals surface area contributed by atoms with Crippen LogP contribution in [-0.4, -0.2) is 29.2 Å². The molecule has 1 aliphatic heterocycles. The Bertz CT molecular complexity index is 875. The average molecular weight is 408 g/mol. The predicted octanol–water partition coefficient (Wildman–Crippen LogP) is 5.53. The van der Waals surface area contributed by atoms with Crippen LogP contribution in [0.15, 0.2) is 36.4 Å². The maximum Gasteiger partial charge on any atom is 0.409 e. The van der Waals surface area contributed by atoms with Crippen molar-refractivity contribution in [2.45, 2.75) is 64.2 Å². The summed E-state index contributed by atoms with van der Waals surface area (Å²) in [5.74, 6) is 0.0207. The number of halogens is 3. The highest BCUT2D eigenvalue weighted by Gasteiger charge is 2.53. The molecule has 1 amide bonds. The van der Waals surface area contributed by atoms with Crippen LogP contribution in [0.3, 0.4) is 0 Å². The van der Waals surface area contributed by atoms with Crippen LogP contribution >= 0.6 is 0 Å². The number of fused-ring (bicyclic) bond motifs is 1. The first-order valence-electron chi connectivity index (χ1n) is 9.95. The molecule has 0 aliphatic carbocycles. The van der Waals surface area contributed by atoms with E-state index in [0.29, 0.717) is 23.1 Å². The van der Waals surface area contributed by atoms with Gasteiger partial charge < -0.3 is 4.74 Å². The van der Waals surface area contributed by atoms with Gasteiger partial charge in [-0.2, -0.15) is 18.2 Å². The van der Waals surface area contributed by atoms with E-state index >= 15 is 0 Å². The highest BCUT2D eigenvalue weighted by Crippen LogP contribution is 2.46. The van der Waals surface area contributed by atoms with Crippen LogP contribution < -0.4 is 10.2 Å². The van der Waals surface area contributed by atoms with Crippen molar-refractivity contribution in [2.24, 2.45) is 0 Å². The summed E-state index contributed by atoms with van der Waals surface area (Å²) in [5, 5.41) is 2.15. The first-order chi connectivity index (χ1) is 13.6. The van der Waals surface area contributed by atoms with Gasteiger partial charge in [0.05, 0.1) is 6.61 Å². The second kappa shape index (κ2) is 8.22. The molecule has 0 unspecified atom stereocenters. The Hall–Kier alpha value is -2.28. The van der Waals surface area contributed by atoms with Crippen LogP contribution in [-0.2, 0) is 4.79 Å². The largest absolute Gasteiger partial charge is 0.493 e. The summed E-state index contributed by atoms with van der Waals surface area (Å²) in [4.78, 5) is 11.9. The molecule has 1 heterocycles.